The Kier molecular flexibility index (Phi) is 5.83. The first kappa shape index (κ1) is 18.5. The Morgan fingerprint density at radius 3 is 2.44 bits per heavy atom. The van der Waals surface area contributed by atoms with Gasteiger partial charge in [0.25, 0.3) is 0 Å². The number of aromatic nitrogens is 1. The van der Waals surface area contributed by atoms with Crippen molar-refractivity contribution >= 4 is 5.82 Å². The van der Waals surface area contributed by atoms with Gasteiger partial charge in [-0.2, -0.15) is 18.4 Å². The third-order valence-corrected chi connectivity index (χ3v) is 3.38. The molecule has 0 aliphatic carbocycles. The van der Waals surface area contributed by atoms with Gasteiger partial charge in [-0.25, -0.2) is 4.98 Å². The highest BCUT2D eigenvalue weighted by atomic mass is 19.4. The number of aliphatic hydroxyl groups is 1. The standard InChI is InChI=1S/C17H16F3N3O2/c1-23(16-7-2-12(8-21)9-22-16)10-14(24)11-25-15-5-3-13(4-6-15)17(18,19)20/h2-7,9,14,24H,10-11H2,1H3/t14-/m0/s1. The van der Waals surface area contributed by atoms with Crippen molar-refractivity contribution in [2.75, 3.05) is 25.1 Å². The van der Waals surface area contributed by atoms with Gasteiger partial charge in [-0.05, 0) is 36.4 Å². The van der Waals surface area contributed by atoms with Crippen molar-refractivity contribution in [3.63, 3.8) is 0 Å². The summed E-state index contributed by atoms with van der Waals surface area (Å²) >= 11 is 0. The molecule has 0 amide bonds. The molecule has 2 aromatic rings. The maximum Gasteiger partial charge on any atom is 0.416 e. The van der Waals surface area contributed by atoms with E-state index in [4.69, 9.17) is 10.00 Å². The average Bonchev–Trinajstić information content (AvgIpc) is 2.59. The predicted molar refractivity (Wildman–Crippen MR) is 85.2 cm³/mol. The number of rotatable bonds is 6. The smallest absolute Gasteiger partial charge is 0.416 e. The molecule has 0 spiro atoms. The average molecular weight is 351 g/mol. The lowest BCUT2D eigenvalue weighted by Gasteiger charge is -2.22. The summed E-state index contributed by atoms with van der Waals surface area (Å²) in [5, 5.41) is 18.7. The summed E-state index contributed by atoms with van der Waals surface area (Å²) in [7, 11) is 1.72. The fourth-order valence-corrected chi connectivity index (χ4v) is 2.07. The fourth-order valence-electron chi connectivity index (χ4n) is 2.07. The lowest BCUT2D eigenvalue weighted by Crippen LogP contribution is -2.33. The molecule has 0 radical (unpaired) electrons. The SMILES string of the molecule is CN(C[C@H](O)COc1ccc(C(F)(F)F)cc1)c1ccc(C#N)cn1. The van der Waals surface area contributed by atoms with Crippen molar-refractivity contribution < 1.29 is 23.0 Å². The molecule has 132 valence electrons. The molecule has 1 aromatic carbocycles. The quantitative estimate of drug-likeness (QED) is 0.867. The number of anilines is 1. The van der Waals surface area contributed by atoms with Crippen molar-refractivity contribution in [3.05, 3.63) is 53.7 Å². The van der Waals surface area contributed by atoms with Crippen molar-refractivity contribution in [1.82, 2.24) is 4.98 Å². The molecule has 1 heterocycles. The molecule has 2 rings (SSSR count). The van der Waals surface area contributed by atoms with E-state index in [0.29, 0.717) is 11.4 Å². The zero-order valence-electron chi connectivity index (χ0n) is 13.4. The molecule has 0 unspecified atom stereocenters. The molecule has 25 heavy (non-hydrogen) atoms. The second-order valence-corrected chi connectivity index (χ2v) is 5.38. The number of likely N-dealkylation sites (N-methyl/N-ethyl adjacent to an activating group) is 1. The van der Waals surface area contributed by atoms with Crippen LogP contribution >= 0.6 is 0 Å². The minimum absolute atomic E-state index is 0.0774. The summed E-state index contributed by atoms with van der Waals surface area (Å²) in [6.45, 7) is 0.130. The van der Waals surface area contributed by atoms with Crippen LogP contribution in [-0.4, -0.2) is 36.4 Å². The Morgan fingerprint density at radius 2 is 1.92 bits per heavy atom. The number of ether oxygens (including phenoxy) is 1. The Morgan fingerprint density at radius 1 is 1.24 bits per heavy atom. The highest BCUT2D eigenvalue weighted by Crippen LogP contribution is 2.30. The van der Waals surface area contributed by atoms with E-state index in [2.05, 4.69) is 4.98 Å². The Balaban J connectivity index is 1.85. The van der Waals surface area contributed by atoms with Crippen molar-refractivity contribution in [2.45, 2.75) is 12.3 Å². The lowest BCUT2D eigenvalue weighted by molar-refractivity contribution is -0.137. The highest BCUT2D eigenvalue weighted by Gasteiger charge is 2.30. The molecule has 0 fully saturated rings. The summed E-state index contributed by atoms with van der Waals surface area (Å²) in [4.78, 5) is 5.78. The van der Waals surface area contributed by atoms with Gasteiger partial charge in [0.1, 0.15) is 30.3 Å². The summed E-state index contributed by atoms with van der Waals surface area (Å²) in [5.74, 6) is 0.818. The summed E-state index contributed by atoms with van der Waals surface area (Å²) in [5.41, 5.74) is -0.324. The molecule has 8 heteroatoms. The lowest BCUT2D eigenvalue weighted by atomic mass is 10.2. The molecule has 0 aliphatic rings. The minimum atomic E-state index is -4.39. The van der Waals surface area contributed by atoms with E-state index in [0.717, 1.165) is 12.1 Å². The number of hydrogen-bond acceptors (Lipinski definition) is 5. The third-order valence-electron chi connectivity index (χ3n) is 3.38. The molecule has 0 saturated carbocycles. The fraction of sp³-hybridized carbons (Fsp3) is 0.294. The molecule has 1 aromatic heterocycles. The van der Waals surface area contributed by atoms with Crippen LogP contribution in [0.15, 0.2) is 42.6 Å². The van der Waals surface area contributed by atoms with Crippen LogP contribution in [0.25, 0.3) is 0 Å². The predicted octanol–water partition coefficient (Wildman–Crippen LogP) is 2.85. The molecule has 0 saturated heterocycles. The third kappa shape index (κ3) is 5.36. The van der Waals surface area contributed by atoms with Crippen LogP contribution in [0.5, 0.6) is 5.75 Å². The molecular formula is C17H16F3N3O2. The van der Waals surface area contributed by atoms with Crippen LogP contribution in [0.2, 0.25) is 0 Å². The first-order chi connectivity index (χ1) is 11.8. The van der Waals surface area contributed by atoms with Crippen molar-refractivity contribution in [1.29, 1.82) is 5.26 Å². The Labute approximate surface area is 142 Å². The normalized spacial score (nSPS) is 12.3. The van der Waals surface area contributed by atoms with E-state index in [-0.39, 0.29) is 18.9 Å². The number of alkyl halides is 3. The summed E-state index contributed by atoms with van der Waals surface area (Å²) in [6.07, 6.45) is -3.84. The van der Waals surface area contributed by atoms with Gasteiger partial charge < -0.3 is 14.7 Å². The van der Waals surface area contributed by atoms with Crippen LogP contribution in [0.4, 0.5) is 19.0 Å². The molecule has 0 bridgehead atoms. The van der Waals surface area contributed by atoms with Gasteiger partial charge in [0.15, 0.2) is 0 Å². The number of pyridine rings is 1. The first-order valence-electron chi connectivity index (χ1n) is 7.35. The van der Waals surface area contributed by atoms with Crippen molar-refractivity contribution in [2.24, 2.45) is 0 Å². The molecule has 1 N–H and O–H groups in total. The number of halogens is 3. The largest absolute Gasteiger partial charge is 0.491 e. The van der Waals surface area contributed by atoms with Gasteiger partial charge in [-0.15, -0.1) is 0 Å². The van der Waals surface area contributed by atoms with Crippen LogP contribution in [0.1, 0.15) is 11.1 Å². The number of benzene rings is 1. The minimum Gasteiger partial charge on any atom is -0.491 e. The first-order valence-corrected chi connectivity index (χ1v) is 7.35. The molecule has 1 atom stereocenters. The van der Waals surface area contributed by atoms with E-state index in [1.165, 1.54) is 18.3 Å². The maximum atomic E-state index is 12.5. The van der Waals surface area contributed by atoms with Gasteiger partial charge in [0.05, 0.1) is 11.1 Å². The van der Waals surface area contributed by atoms with E-state index in [9.17, 15) is 18.3 Å². The molecule has 5 nitrogen and oxygen atoms in total. The van der Waals surface area contributed by atoms with Gasteiger partial charge in [-0.1, -0.05) is 0 Å². The Hall–Kier alpha value is -2.79. The maximum absolute atomic E-state index is 12.5. The van der Waals surface area contributed by atoms with E-state index >= 15 is 0 Å². The zero-order valence-corrected chi connectivity index (χ0v) is 13.4. The van der Waals surface area contributed by atoms with Gasteiger partial charge in [0, 0.05) is 19.8 Å². The van der Waals surface area contributed by atoms with E-state index < -0.39 is 17.8 Å². The monoisotopic (exact) mass is 351 g/mol. The van der Waals surface area contributed by atoms with Crippen LogP contribution in [-0.2, 0) is 6.18 Å². The number of hydrogen-bond donors (Lipinski definition) is 1. The number of nitriles is 1. The number of aliphatic hydroxyl groups excluding tert-OH is 1. The van der Waals surface area contributed by atoms with E-state index in [1.807, 2.05) is 6.07 Å². The molecular weight excluding hydrogens is 335 g/mol. The summed E-state index contributed by atoms with van der Waals surface area (Å²) in [6, 6.07) is 9.50. The van der Waals surface area contributed by atoms with Crippen LogP contribution in [0, 0.1) is 11.3 Å². The van der Waals surface area contributed by atoms with Crippen LogP contribution < -0.4 is 9.64 Å². The number of nitrogens with zero attached hydrogens (tertiary/aromatic N) is 3. The molecule has 0 aliphatic heterocycles. The topological polar surface area (TPSA) is 69.4 Å². The Bertz CT molecular complexity index is 725. The van der Waals surface area contributed by atoms with Crippen LogP contribution in [0.3, 0.4) is 0 Å². The highest BCUT2D eigenvalue weighted by molar-refractivity contribution is 5.41. The zero-order chi connectivity index (χ0) is 18.4. The van der Waals surface area contributed by atoms with Gasteiger partial charge >= 0.3 is 6.18 Å². The van der Waals surface area contributed by atoms with Crippen molar-refractivity contribution in [3.8, 4) is 11.8 Å². The second-order valence-electron chi connectivity index (χ2n) is 5.38. The van der Waals surface area contributed by atoms with E-state index in [1.54, 1.807) is 24.1 Å². The summed E-state index contributed by atoms with van der Waals surface area (Å²) < 4.78 is 42.7. The van der Waals surface area contributed by atoms with Gasteiger partial charge in [0.2, 0.25) is 0 Å². The second kappa shape index (κ2) is 7.85. The van der Waals surface area contributed by atoms with Gasteiger partial charge in [-0.3, -0.25) is 0 Å².